The smallest absolute Gasteiger partial charge is 0.109 e. The lowest BCUT2D eigenvalue weighted by Crippen LogP contribution is -2.63. The van der Waals surface area contributed by atoms with Crippen molar-refractivity contribution in [3.8, 4) is 0 Å². The predicted octanol–water partition coefficient (Wildman–Crippen LogP) is 2.19. The monoisotopic (exact) mass is 331 g/mol. The van der Waals surface area contributed by atoms with Crippen LogP contribution in [0.5, 0.6) is 0 Å². The van der Waals surface area contributed by atoms with Crippen molar-refractivity contribution >= 4 is 0 Å². The van der Waals surface area contributed by atoms with Crippen molar-refractivity contribution in [3.63, 3.8) is 0 Å². The number of likely N-dealkylation sites (tertiary alicyclic amines) is 1. The van der Waals surface area contributed by atoms with Crippen molar-refractivity contribution in [2.24, 2.45) is 0 Å². The fraction of sp³-hybridized carbons (Fsp3) is 1.00. The normalized spacial score (nSPS) is 29.1. The molecule has 0 aromatic heterocycles. The van der Waals surface area contributed by atoms with E-state index in [1.165, 1.54) is 0 Å². The Balaban J connectivity index is 2.69. The first-order valence-electron chi connectivity index (χ1n) is 9.45. The summed E-state index contributed by atoms with van der Waals surface area (Å²) in [5.41, 5.74) is 0. The molecule has 0 radical (unpaired) electrons. The molecule has 4 unspecified atom stereocenters. The standard InChI is InChI=1S/C18H37NO4/c1-4-7-10-19-13-16(20)17(21)18(23-12-9-6-3)15(19)14-22-11-8-5-2/h15-18,20-21H,4-14H2,1-3H3. The van der Waals surface area contributed by atoms with Crippen LogP contribution in [0.25, 0.3) is 0 Å². The van der Waals surface area contributed by atoms with E-state index in [1.54, 1.807) is 0 Å². The number of nitrogens with zero attached hydrogens (tertiary/aromatic N) is 1. The van der Waals surface area contributed by atoms with Gasteiger partial charge < -0.3 is 19.7 Å². The third-order valence-electron chi connectivity index (χ3n) is 4.54. The Hall–Kier alpha value is -0.200. The highest BCUT2D eigenvalue weighted by atomic mass is 16.5. The number of piperidine rings is 1. The van der Waals surface area contributed by atoms with Crippen molar-refractivity contribution < 1.29 is 19.7 Å². The molecule has 1 saturated heterocycles. The molecule has 0 saturated carbocycles. The highest BCUT2D eigenvalue weighted by Gasteiger charge is 2.42. The summed E-state index contributed by atoms with van der Waals surface area (Å²) in [7, 11) is 0. The molecule has 2 N–H and O–H groups in total. The highest BCUT2D eigenvalue weighted by molar-refractivity contribution is 4.95. The summed E-state index contributed by atoms with van der Waals surface area (Å²) in [4.78, 5) is 2.24. The molecular formula is C18H37NO4. The number of ether oxygens (including phenoxy) is 2. The predicted molar refractivity (Wildman–Crippen MR) is 92.7 cm³/mol. The van der Waals surface area contributed by atoms with Gasteiger partial charge in [-0.3, -0.25) is 4.90 Å². The van der Waals surface area contributed by atoms with Crippen molar-refractivity contribution in [3.05, 3.63) is 0 Å². The lowest BCUT2D eigenvalue weighted by Gasteiger charge is -2.45. The molecule has 1 rings (SSSR count). The lowest BCUT2D eigenvalue weighted by molar-refractivity contribution is -0.170. The van der Waals surface area contributed by atoms with Crippen LogP contribution in [-0.4, -0.2) is 72.4 Å². The van der Waals surface area contributed by atoms with Gasteiger partial charge in [-0.25, -0.2) is 0 Å². The van der Waals surface area contributed by atoms with E-state index in [1.807, 2.05) is 0 Å². The quantitative estimate of drug-likeness (QED) is 0.537. The van der Waals surface area contributed by atoms with Gasteiger partial charge in [0.1, 0.15) is 12.2 Å². The van der Waals surface area contributed by atoms with E-state index in [2.05, 4.69) is 25.7 Å². The highest BCUT2D eigenvalue weighted by Crippen LogP contribution is 2.23. The minimum absolute atomic E-state index is 0.0219. The van der Waals surface area contributed by atoms with Gasteiger partial charge in [-0.2, -0.15) is 0 Å². The zero-order valence-corrected chi connectivity index (χ0v) is 15.2. The largest absolute Gasteiger partial charge is 0.389 e. The van der Waals surface area contributed by atoms with Crippen LogP contribution < -0.4 is 0 Å². The average molecular weight is 331 g/mol. The van der Waals surface area contributed by atoms with Gasteiger partial charge in [0.25, 0.3) is 0 Å². The summed E-state index contributed by atoms with van der Waals surface area (Å²) >= 11 is 0. The first-order chi connectivity index (χ1) is 11.2. The number of hydrogen-bond acceptors (Lipinski definition) is 5. The Morgan fingerprint density at radius 1 is 0.957 bits per heavy atom. The second-order valence-electron chi connectivity index (χ2n) is 6.59. The fourth-order valence-electron chi connectivity index (χ4n) is 2.98. The summed E-state index contributed by atoms with van der Waals surface area (Å²) in [6.07, 6.45) is 4.44. The topological polar surface area (TPSA) is 62.2 Å². The van der Waals surface area contributed by atoms with E-state index in [0.717, 1.165) is 51.7 Å². The van der Waals surface area contributed by atoms with Crippen LogP contribution in [0.2, 0.25) is 0 Å². The number of hydrogen-bond donors (Lipinski definition) is 2. The molecule has 0 aromatic carbocycles. The van der Waals surface area contributed by atoms with Gasteiger partial charge in [0.15, 0.2) is 0 Å². The number of aliphatic hydroxyl groups is 2. The summed E-state index contributed by atoms with van der Waals surface area (Å²) < 4.78 is 11.8. The summed E-state index contributed by atoms with van der Waals surface area (Å²) in [6.45, 7) is 9.77. The Labute approximate surface area is 142 Å². The zero-order valence-electron chi connectivity index (χ0n) is 15.2. The molecule has 5 nitrogen and oxygen atoms in total. The first kappa shape index (κ1) is 20.8. The lowest BCUT2D eigenvalue weighted by atomic mass is 9.93. The second-order valence-corrected chi connectivity index (χ2v) is 6.59. The van der Waals surface area contributed by atoms with Crippen LogP contribution in [-0.2, 0) is 9.47 Å². The maximum atomic E-state index is 10.4. The third-order valence-corrected chi connectivity index (χ3v) is 4.54. The summed E-state index contributed by atoms with van der Waals surface area (Å²) in [6, 6.07) is 0.0219. The molecule has 138 valence electrons. The third kappa shape index (κ3) is 7.06. The van der Waals surface area contributed by atoms with Crippen molar-refractivity contribution in [2.75, 3.05) is 32.9 Å². The number of β-amino-alcohol motifs (C(OH)–C–C–N with tert-alkyl or cyclic N) is 1. The Morgan fingerprint density at radius 2 is 1.61 bits per heavy atom. The fourth-order valence-corrected chi connectivity index (χ4v) is 2.98. The van der Waals surface area contributed by atoms with Gasteiger partial charge in [-0.05, 0) is 25.8 Å². The molecular weight excluding hydrogens is 294 g/mol. The molecule has 1 aliphatic rings. The molecule has 0 aliphatic carbocycles. The van der Waals surface area contributed by atoms with Gasteiger partial charge in [-0.1, -0.05) is 40.0 Å². The Morgan fingerprint density at radius 3 is 2.26 bits per heavy atom. The summed E-state index contributed by atoms with van der Waals surface area (Å²) in [5, 5.41) is 20.6. The van der Waals surface area contributed by atoms with E-state index in [-0.39, 0.29) is 12.1 Å². The van der Waals surface area contributed by atoms with E-state index in [9.17, 15) is 10.2 Å². The molecule has 5 heteroatoms. The zero-order chi connectivity index (χ0) is 17.1. The van der Waals surface area contributed by atoms with Gasteiger partial charge >= 0.3 is 0 Å². The molecule has 23 heavy (non-hydrogen) atoms. The number of rotatable bonds is 12. The van der Waals surface area contributed by atoms with Crippen LogP contribution in [0.4, 0.5) is 0 Å². The van der Waals surface area contributed by atoms with E-state index < -0.39 is 12.2 Å². The van der Waals surface area contributed by atoms with E-state index in [0.29, 0.717) is 19.8 Å². The minimum atomic E-state index is -0.829. The molecule has 0 spiro atoms. The molecule has 0 aromatic rings. The molecule has 1 heterocycles. The number of aliphatic hydroxyl groups excluding tert-OH is 2. The van der Waals surface area contributed by atoms with Crippen LogP contribution >= 0.6 is 0 Å². The van der Waals surface area contributed by atoms with E-state index >= 15 is 0 Å². The summed E-state index contributed by atoms with van der Waals surface area (Å²) in [5.74, 6) is 0. The molecule has 0 bridgehead atoms. The van der Waals surface area contributed by atoms with Crippen LogP contribution in [0.15, 0.2) is 0 Å². The maximum absolute atomic E-state index is 10.4. The van der Waals surface area contributed by atoms with Crippen LogP contribution in [0.1, 0.15) is 59.3 Å². The van der Waals surface area contributed by atoms with Crippen molar-refractivity contribution in [1.82, 2.24) is 4.90 Å². The van der Waals surface area contributed by atoms with E-state index in [4.69, 9.17) is 9.47 Å². The molecule has 4 atom stereocenters. The molecule has 1 aliphatic heterocycles. The molecule has 0 amide bonds. The molecule has 1 fully saturated rings. The van der Waals surface area contributed by atoms with Gasteiger partial charge in [0.05, 0.1) is 18.8 Å². The average Bonchev–Trinajstić information content (AvgIpc) is 2.55. The second kappa shape index (κ2) is 12.2. The number of unbranched alkanes of at least 4 members (excludes halogenated alkanes) is 3. The SMILES string of the molecule is CCCCOCC1C(OCCCC)C(O)C(O)CN1CCCC. The van der Waals surface area contributed by atoms with Crippen LogP contribution in [0, 0.1) is 0 Å². The van der Waals surface area contributed by atoms with Gasteiger partial charge in [0, 0.05) is 19.8 Å². The van der Waals surface area contributed by atoms with Crippen molar-refractivity contribution in [1.29, 1.82) is 0 Å². The Bertz CT molecular complexity index is 290. The van der Waals surface area contributed by atoms with Gasteiger partial charge in [0.2, 0.25) is 0 Å². The maximum Gasteiger partial charge on any atom is 0.109 e. The first-order valence-corrected chi connectivity index (χ1v) is 9.45. The Kier molecular flexibility index (Phi) is 11.1. The minimum Gasteiger partial charge on any atom is -0.389 e. The van der Waals surface area contributed by atoms with Crippen molar-refractivity contribution in [2.45, 2.75) is 83.6 Å². The van der Waals surface area contributed by atoms with Gasteiger partial charge in [-0.15, -0.1) is 0 Å². The van der Waals surface area contributed by atoms with Crippen LogP contribution in [0.3, 0.4) is 0 Å².